The molecule has 1 unspecified atom stereocenters. The molecule has 18 heavy (non-hydrogen) atoms. The summed E-state index contributed by atoms with van der Waals surface area (Å²) >= 11 is 0. The van der Waals surface area contributed by atoms with Crippen molar-refractivity contribution in [1.29, 1.82) is 0 Å². The van der Waals surface area contributed by atoms with Crippen LogP contribution in [0.1, 0.15) is 38.5 Å². The molecule has 2 heterocycles. The minimum absolute atomic E-state index is 0.129. The molecule has 5 heteroatoms. The average Bonchev–Trinajstić information content (AvgIpc) is 2.90. The van der Waals surface area contributed by atoms with Gasteiger partial charge >= 0.3 is 5.97 Å². The molecule has 0 radical (unpaired) electrons. The molecule has 2 aliphatic heterocycles. The first-order valence-corrected chi connectivity index (χ1v) is 6.79. The first kappa shape index (κ1) is 13.3. The topological polar surface area (TPSA) is 66.8 Å². The van der Waals surface area contributed by atoms with Crippen molar-refractivity contribution in [2.45, 2.75) is 44.6 Å². The number of carbonyl (C=O) groups excluding carboxylic acids is 1. The minimum Gasteiger partial charge on any atom is -0.481 e. The number of carboxylic acids is 1. The van der Waals surface area contributed by atoms with Crippen LogP contribution in [0.15, 0.2) is 0 Å². The number of hydrogen-bond acceptors (Lipinski definition) is 3. The molecule has 0 spiro atoms. The molecule has 1 amide bonds. The van der Waals surface area contributed by atoms with E-state index in [4.69, 9.17) is 9.84 Å². The quantitative estimate of drug-likeness (QED) is 0.821. The highest BCUT2D eigenvalue weighted by Crippen LogP contribution is 2.24. The van der Waals surface area contributed by atoms with Gasteiger partial charge in [0.15, 0.2) is 0 Å². The Morgan fingerprint density at radius 2 is 1.94 bits per heavy atom. The lowest BCUT2D eigenvalue weighted by atomic mass is 9.92. The molecule has 2 fully saturated rings. The minimum atomic E-state index is -0.729. The molecule has 0 aromatic heterocycles. The Morgan fingerprint density at radius 3 is 2.50 bits per heavy atom. The van der Waals surface area contributed by atoms with Gasteiger partial charge in [0.25, 0.3) is 5.91 Å². The van der Waals surface area contributed by atoms with Crippen molar-refractivity contribution < 1.29 is 19.4 Å². The van der Waals surface area contributed by atoms with E-state index in [-0.39, 0.29) is 18.4 Å². The second-order valence-electron chi connectivity index (χ2n) is 5.20. The highest BCUT2D eigenvalue weighted by molar-refractivity contribution is 5.81. The van der Waals surface area contributed by atoms with Gasteiger partial charge in [-0.1, -0.05) is 0 Å². The molecular formula is C13H21NO4. The van der Waals surface area contributed by atoms with Crippen molar-refractivity contribution in [3.8, 4) is 0 Å². The summed E-state index contributed by atoms with van der Waals surface area (Å²) in [6, 6.07) is 0. The Balaban J connectivity index is 1.72. The highest BCUT2D eigenvalue weighted by Gasteiger charge is 2.30. The van der Waals surface area contributed by atoms with Gasteiger partial charge in [0, 0.05) is 26.1 Å². The Hall–Kier alpha value is -1.10. The molecule has 0 aromatic rings. The third kappa shape index (κ3) is 3.45. The van der Waals surface area contributed by atoms with E-state index in [0.717, 1.165) is 45.2 Å². The number of aliphatic carboxylic acids is 1. The van der Waals surface area contributed by atoms with E-state index in [1.165, 1.54) is 0 Å². The van der Waals surface area contributed by atoms with Crippen LogP contribution in [0.25, 0.3) is 0 Å². The third-order valence-corrected chi connectivity index (χ3v) is 3.90. The lowest BCUT2D eigenvalue weighted by Crippen LogP contribution is -2.43. The van der Waals surface area contributed by atoms with Crippen molar-refractivity contribution in [3.05, 3.63) is 0 Å². The molecule has 5 nitrogen and oxygen atoms in total. The number of likely N-dealkylation sites (tertiary alicyclic amines) is 1. The summed E-state index contributed by atoms with van der Waals surface area (Å²) in [5.41, 5.74) is 0. The average molecular weight is 255 g/mol. The third-order valence-electron chi connectivity index (χ3n) is 3.90. The molecule has 102 valence electrons. The van der Waals surface area contributed by atoms with E-state index in [0.29, 0.717) is 12.5 Å². The summed E-state index contributed by atoms with van der Waals surface area (Å²) in [4.78, 5) is 24.5. The molecule has 0 saturated carbocycles. The zero-order chi connectivity index (χ0) is 13.0. The number of carbonyl (C=O) groups is 2. The van der Waals surface area contributed by atoms with E-state index in [1.54, 1.807) is 0 Å². The standard InChI is InChI=1S/C13H21NO4/c15-12(16)4-3-10-5-7-14(8-6-10)13(17)11-2-1-9-18-11/h10-11H,1-9H2,(H,15,16). The Morgan fingerprint density at radius 1 is 1.22 bits per heavy atom. The van der Waals surface area contributed by atoms with Crippen molar-refractivity contribution in [3.63, 3.8) is 0 Å². The predicted octanol–water partition coefficient (Wildman–Crippen LogP) is 1.27. The van der Waals surface area contributed by atoms with Crippen LogP contribution in [0.4, 0.5) is 0 Å². The van der Waals surface area contributed by atoms with Crippen LogP contribution < -0.4 is 0 Å². The maximum atomic E-state index is 12.1. The number of rotatable bonds is 4. The van der Waals surface area contributed by atoms with Crippen LogP contribution in [0.5, 0.6) is 0 Å². The van der Waals surface area contributed by atoms with Crippen LogP contribution in [0, 0.1) is 5.92 Å². The van der Waals surface area contributed by atoms with Crippen LogP contribution >= 0.6 is 0 Å². The van der Waals surface area contributed by atoms with Crippen molar-refractivity contribution in [2.75, 3.05) is 19.7 Å². The fourth-order valence-electron chi connectivity index (χ4n) is 2.75. The smallest absolute Gasteiger partial charge is 0.303 e. The Kier molecular flexibility index (Phi) is 4.58. The van der Waals surface area contributed by atoms with Gasteiger partial charge in [-0.15, -0.1) is 0 Å². The molecule has 1 atom stereocenters. The number of nitrogens with zero attached hydrogens (tertiary/aromatic N) is 1. The second-order valence-corrected chi connectivity index (χ2v) is 5.20. The molecule has 0 aliphatic carbocycles. The number of piperidine rings is 1. The maximum Gasteiger partial charge on any atom is 0.303 e. The van der Waals surface area contributed by atoms with Crippen LogP contribution in [-0.2, 0) is 14.3 Å². The highest BCUT2D eigenvalue weighted by atomic mass is 16.5. The van der Waals surface area contributed by atoms with Crippen molar-refractivity contribution in [2.24, 2.45) is 5.92 Å². The van der Waals surface area contributed by atoms with Crippen LogP contribution in [0.3, 0.4) is 0 Å². The zero-order valence-corrected chi connectivity index (χ0v) is 10.6. The summed E-state index contributed by atoms with van der Waals surface area (Å²) in [6.07, 6.45) is 4.42. The first-order chi connectivity index (χ1) is 8.66. The summed E-state index contributed by atoms with van der Waals surface area (Å²) in [5, 5.41) is 8.65. The lowest BCUT2D eigenvalue weighted by Gasteiger charge is -2.33. The van der Waals surface area contributed by atoms with Gasteiger partial charge in [0.05, 0.1) is 0 Å². The SMILES string of the molecule is O=C(O)CCC1CCN(C(=O)C2CCCO2)CC1. The first-order valence-electron chi connectivity index (χ1n) is 6.79. The second kappa shape index (κ2) is 6.18. The zero-order valence-electron chi connectivity index (χ0n) is 10.6. The van der Waals surface area contributed by atoms with E-state index in [1.807, 2.05) is 4.90 Å². The summed E-state index contributed by atoms with van der Waals surface area (Å²) < 4.78 is 5.40. The fraction of sp³-hybridized carbons (Fsp3) is 0.846. The van der Waals surface area contributed by atoms with E-state index < -0.39 is 5.97 Å². The summed E-state index contributed by atoms with van der Waals surface area (Å²) in [5.74, 6) is -0.147. The number of carboxylic acid groups (broad SMARTS) is 1. The maximum absolute atomic E-state index is 12.1. The van der Waals surface area contributed by atoms with E-state index >= 15 is 0 Å². The number of amides is 1. The van der Waals surface area contributed by atoms with Gasteiger partial charge in [-0.3, -0.25) is 9.59 Å². The van der Waals surface area contributed by atoms with E-state index in [2.05, 4.69) is 0 Å². The molecule has 2 saturated heterocycles. The van der Waals surface area contributed by atoms with Gasteiger partial charge in [0.2, 0.25) is 0 Å². The fourth-order valence-corrected chi connectivity index (χ4v) is 2.75. The van der Waals surface area contributed by atoms with Gasteiger partial charge in [0.1, 0.15) is 6.10 Å². The molecule has 2 aliphatic rings. The van der Waals surface area contributed by atoms with Gasteiger partial charge in [-0.25, -0.2) is 0 Å². The van der Waals surface area contributed by atoms with Gasteiger partial charge in [-0.05, 0) is 38.0 Å². The lowest BCUT2D eigenvalue weighted by molar-refractivity contribution is -0.143. The molecule has 0 aromatic carbocycles. The predicted molar refractivity (Wildman–Crippen MR) is 65.1 cm³/mol. The molecular weight excluding hydrogens is 234 g/mol. The Bertz CT molecular complexity index is 304. The Labute approximate surface area is 107 Å². The van der Waals surface area contributed by atoms with Crippen molar-refractivity contribution in [1.82, 2.24) is 4.90 Å². The number of ether oxygens (including phenoxy) is 1. The molecule has 1 N–H and O–H groups in total. The molecule has 0 bridgehead atoms. The summed E-state index contributed by atoms with van der Waals surface area (Å²) in [7, 11) is 0. The van der Waals surface area contributed by atoms with Crippen LogP contribution in [-0.4, -0.2) is 47.7 Å². The normalized spacial score (nSPS) is 25.3. The summed E-state index contributed by atoms with van der Waals surface area (Å²) in [6.45, 7) is 2.21. The largest absolute Gasteiger partial charge is 0.481 e. The number of hydrogen-bond donors (Lipinski definition) is 1. The van der Waals surface area contributed by atoms with Crippen molar-refractivity contribution >= 4 is 11.9 Å². The van der Waals surface area contributed by atoms with Gasteiger partial charge < -0.3 is 14.7 Å². The van der Waals surface area contributed by atoms with Gasteiger partial charge in [-0.2, -0.15) is 0 Å². The van der Waals surface area contributed by atoms with Crippen LogP contribution in [0.2, 0.25) is 0 Å². The monoisotopic (exact) mass is 255 g/mol. The molecule has 2 rings (SSSR count). The van der Waals surface area contributed by atoms with E-state index in [9.17, 15) is 9.59 Å².